The van der Waals surface area contributed by atoms with Gasteiger partial charge >= 0.3 is 0 Å². The summed E-state index contributed by atoms with van der Waals surface area (Å²) in [6, 6.07) is 0. The second kappa shape index (κ2) is 7.36. The Kier molecular flexibility index (Phi) is 7.54. The van der Waals surface area contributed by atoms with E-state index < -0.39 is 0 Å². The lowest BCUT2D eigenvalue weighted by Gasteiger charge is -2.05. The van der Waals surface area contributed by atoms with Gasteiger partial charge in [0.25, 0.3) is 0 Å². The monoisotopic (exact) mass is 163 g/mol. The first kappa shape index (κ1) is 10.2. The van der Waals surface area contributed by atoms with Crippen molar-refractivity contribution in [2.24, 2.45) is 0 Å². The smallest absolute Gasteiger partial charge is 0.0822 e. The van der Waals surface area contributed by atoms with Crippen molar-refractivity contribution in [2.45, 2.75) is 44.4 Å². The fourth-order valence-electron chi connectivity index (χ4n) is 0.925. The van der Waals surface area contributed by atoms with Gasteiger partial charge in [0.1, 0.15) is 0 Å². The first-order chi connectivity index (χ1) is 4.81. The highest BCUT2D eigenvalue weighted by Crippen LogP contribution is 2.12. The molecule has 0 spiro atoms. The molecule has 61 valence electrons. The normalized spacial score (nSPS) is 13.5. The molecule has 0 N–H and O–H groups in total. The lowest BCUT2D eigenvalue weighted by atomic mass is 10.1. The maximum Gasteiger partial charge on any atom is 0.0822 e. The maximum atomic E-state index is 10.0. The van der Waals surface area contributed by atoms with Crippen LogP contribution in [-0.4, -0.2) is 12.0 Å². The minimum atomic E-state index is 0.0513. The van der Waals surface area contributed by atoms with Crippen LogP contribution in [0.5, 0.6) is 0 Å². The average Bonchev–Trinajstić information content (AvgIpc) is 1.89. The third kappa shape index (κ3) is 6.37. The van der Waals surface area contributed by atoms with E-state index in [1.807, 2.05) is 0 Å². The maximum absolute atomic E-state index is 10.0. The number of unbranched alkanes of at least 4 members (excludes halogenated alkanes) is 1. The molecule has 0 saturated carbocycles. The Bertz CT molecular complexity index is 66.3. The molecule has 0 aliphatic heterocycles. The van der Waals surface area contributed by atoms with Crippen LogP contribution in [0.3, 0.4) is 0 Å². The third-order valence-corrected chi connectivity index (χ3v) is 1.95. The van der Waals surface area contributed by atoms with E-state index in [4.69, 9.17) is 11.6 Å². The molecule has 0 rings (SSSR count). The first-order valence-electron chi connectivity index (χ1n) is 4.03. The van der Waals surface area contributed by atoms with Crippen LogP contribution in [0.1, 0.15) is 39.0 Å². The van der Waals surface area contributed by atoms with Gasteiger partial charge < -0.3 is 0 Å². The van der Waals surface area contributed by atoms with E-state index in [9.17, 15) is 5.11 Å². The molecule has 1 atom stereocenters. The molecular weight excluding hydrogens is 148 g/mol. The molecule has 0 aromatic heterocycles. The fourth-order valence-corrected chi connectivity index (χ4v) is 1.30. The van der Waals surface area contributed by atoms with Crippen molar-refractivity contribution in [3.63, 3.8) is 0 Å². The van der Waals surface area contributed by atoms with Gasteiger partial charge in [0.15, 0.2) is 0 Å². The summed E-state index contributed by atoms with van der Waals surface area (Å²) in [5, 5.41) is 10.3. The van der Waals surface area contributed by atoms with Gasteiger partial charge in [-0.1, -0.05) is 13.3 Å². The molecule has 0 aromatic carbocycles. The molecule has 10 heavy (non-hydrogen) atoms. The lowest BCUT2D eigenvalue weighted by molar-refractivity contribution is 0.186. The molecule has 0 amide bonds. The van der Waals surface area contributed by atoms with Crippen LogP contribution in [0.4, 0.5) is 0 Å². The van der Waals surface area contributed by atoms with Gasteiger partial charge in [0.2, 0.25) is 0 Å². The molecule has 0 heterocycles. The molecule has 0 aliphatic carbocycles. The van der Waals surface area contributed by atoms with Crippen molar-refractivity contribution in [2.75, 3.05) is 6.61 Å². The molecule has 0 aliphatic rings. The number of rotatable bonds is 6. The van der Waals surface area contributed by atoms with Crippen LogP contribution < -0.4 is 0 Å². The van der Waals surface area contributed by atoms with Crippen LogP contribution in [0, 0.1) is 0 Å². The molecule has 2 heteroatoms. The van der Waals surface area contributed by atoms with Gasteiger partial charge in [0.05, 0.1) is 6.61 Å². The van der Waals surface area contributed by atoms with Gasteiger partial charge in [-0.05, 0) is 25.7 Å². The Morgan fingerprint density at radius 3 is 2.50 bits per heavy atom. The zero-order valence-electron chi connectivity index (χ0n) is 6.61. The Balaban J connectivity index is 2.97. The van der Waals surface area contributed by atoms with Crippen LogP contribution in [0.2, 0.25) is 0 Å². The van der Waals surface area contributed by atoms with Gasteiger partial charge in [-0.2, -0.15) is 0 Å². The standard InChI is InChI=1S/C8H16ClO/c1-2-5-8(9)6-3-4-7-10/h8H,2-7H2,1H3. The van der Waals surface area contributed by atoms with Crippen molar-refractivity contribution < 1.29 is 5.11 Å². The van der Waals surface area contributed by atoms with Crippen LogP contribution in [-0.2, 0) is 5.11 Å². The predicted octanol–water partition coefficient (Wildman–Crippen LogP) is 2.99. The molecule has 1 unspecified atom stereocenters. The van der Waals surface area contributed by atoms with Crippen molar-refractivity contribution in [3.05, 3.63) is 0 Å². The van der Waals surface area contributed by atoms with E-state index in [0.717, 1.165) is 32.1 Å². The van der Waals surface area contributed by atoms with E-state index in [2.05, 4.69) is 6.92 Å². The van der Waals surface area contributed by atoms with E-state index in [0.29, 0.717) is 5.38 Å². The van der Waals surface area contributed by atoms with Crippen molar-refractivity contribution in [3.8, 4) is 0 Å². The van der Waals surface area contributed by atoms with E-state index in [1.165, 1.54) is 0 Å². The number of hydrogen-bond acceptors (Lipinski definition) is 0. The molecule has 0 saturated heterocycles. The highest BCUT2D eigenvalue weighted by molar-refractivity contribution is 6.20. The quantitative estimate of drug-likeness (QED) is 0.424. The fraction of sp³-hybridized carbons (Fsp3) is 1.00. The van der Waals surface area contributed by atoms with Crippen molar-refractivity contribution in [1.29, 1.82) is 0 Å². The van der Waals surface area contributed by atoms with E-state index in [1.54, 1.807) is 0 Å². The molecule has 1 nitrogen and oxygen atoms in total. The Hall–Kier alpha value is 0.250. The van der Waals surface area contributed by atoms with Crippen LogP contribution >= 0.6 is 11.6 Å². The Morgan fingerprint density at radius 2 is 2.00 bits per heavy atom. The number of halogens is 1. The minimum absolute atomic E-state index is 0.0513. The summed E-state index contributed by atoms with van der Waals surface area (Å²) in [7, 11) is 0. The summed E-state index contributed by atoms with van der Waals surface area (Å²) in [4.78, 5) is 0. The van der Waals surface area contributed by atoms with Gasteiger partial charge in [-0.15, -0.1) is 11.6 Å². The van der Waals surface area contributed by atoms with Crippen LogP contribution in [0.15, 0.2) is 0 Å². The molecule has 0 bridgehead atoms. The average molecular weight is 164 g/mol. The summed E-state index contributed by atoms with van der Waals surface area (Å²) >= 11 is 5.91. The second-order valence-corrected chi connectivity index (χ2v) is 3.20. The summed E-state index contributed by atoms with van der Waals surface area (Å²) in [6.45, 7) is 2.18. The molecule has 0 fully saturated rings. The Labute approximate surface area is 68.4 Å². The summed E-state index contributed by atoms with van der Waals surface area (Å²) in [5.41, 5.74) is 0. The highest BCUT2D eigenvalue weighted by Gasteiger charge is 2.01. The third-order valence-electron chi connectivity index (χ3n) is 1.51. The van der Waals surface area contributed by atoms with E-state index >= 15 is 0 Å². The van der Waals surface area contributed by atoms with Crippen molar-refractivity contribution in [1.82, 2.24) is 0 Å². The Morgan fingerprint density at radius 1 is 1.30 bits per heavy atom. The zero-order chi connectivity index (χ0) is 7.82. The molecular formula is C8H16ClO. The lowest BCUT2D eigenvalue weighted by Crippen LogP contribution is -1.97. The number of alkyl halides is 1. The SMILES string of the molecule is CCCC(Cl)CCCC[O]. The van der Waals surface area contributed by atoms with Gasteiger partial charge in [-0.3, -0.25) is 0 Å². The second-order valence-electron chi connectivity index (χ2n) is 2.59. The molecule has 0 aromatic rings. The van der Waals surface area contributed by atoms with Gasteiger partial charge in [0, 0.05) is 5.38 Å². The minimum Gasteiger partial charge on any atom is -0.237 e. The van der Waals surface area contributed by atoms with E-state index in [-0.39, 0.29) is 6.61 Å². The predicted molar refractivity (Wildman–Crippen MR) is 44.0 cm³/mol. The topological polar surface area (TPSA) is 19.9 Å². The van der Waals surface area contributed by atoms with Crippen LogP contribution in [0.25, 0.3) is 0 Å². The largest absolute Gasteiger partial charge is 0.237 e. The molecule has 1 radical (unpaired) electrons. The highest BCUT2D eigenvalue weighted by atomic mass is 35.5. The summed E-state index contributed by atoms with van der Waals surface area (Å²) in [6.07, 6.45) is 5.02. The summed E-state index contributed by atoms with van der Waals surface area (Å²) < 4.78 is 0. The first-order valence-corrected chi connectivity index (χ1v) is 4.47. The zero-order valence-corrected chi connectivity index (χ0v) is 7.36. The summed E-state index contributed by atoms with van der Waals surface area (Å²) in [5.74, 6) is 0. The number of hydrogen-bond donors (Lipinski definition) is 0. The van der Waals surface area contributed by atoms with Crippen molar-refractivity contribution >= 4 is 11.6 Å². The van der Waals surface area contributed by atoms with Gasteiger partial charge in [-0.25, -0.2) is 5.11 Å².